The maximum absolute atomic E-state index is 12.6. The molecule has 0 radical (unpaired) electrons. The van der Waals surface area contributed by atoms with Crippen LogP contribution in [0.5, 0.6) is 0 Å². The molecule has 1 aromatic heterocycles. The summed E-state index contributed by atoms with van der Waals surface area (Å²) in [7, 11) is -3.78. The van der Waals surface area contributed by atoms with Crippen molar-refractivity contribution in [2.75, 3.05) is 23.3 Å². The van der Waals surface area contributed by atoms with Crippen LogP contribution in [0.15, 0.2) is 47.4 Å². The number of nitrogens with one attached hydrogen (secondary N) is 2. The molecule has 1 fully saturated rings. The Kier molecular flexibility index (Phi) is 5.77. The fourth-order valence-electron chi connectivity index (χ4n) is 3.36. The number of amides is 1. The molecule has 0 bridgehead atoms. The molecule has 1 amide bonds. The van der Waals surface area contributed by atoms with Gasteiger partial charge in [-0.05, 0) is 57.0 Å². The van der Waals surface area contributed by atoms with Crippen LogP contribution in [0.3, 0.4) is 0 Å². The SMILES string of the molecule is Cc1ccc(S(=O)(=O)NC(C)C(=O)Nc2ccc3nc(N4CCCC4)sc3c2)cc1. The molecule has 1 aliphatic heterocycles. The first-order chi connectivity index (χ1) is 14.3. The number of fused-ring (bicyclic) bond motifs is 1. The van der Waals surface area contributed by atoms with Gasteiger partial charge in [-0.3, -0.25) is 4.79 Å². The molecule has 2 heterocycles. The van der Waals surface area contributed by atoms with Crippen molar-refractivity contribution < 1.29 is 13.2 Å². The predicted molar refractivity (Wildman–Crippen MR) is 121 cm³/mol. The summed E-state index contributed by atoms with van der Waals surface area (Å²) in [6.45, 7) is 5.47. The maximum atomic E-state index is 12.6. The van der Waals surface area contributed by atoms with E-state index in [-0.39, 0.29) is 4.90 Å². The second-order valence-electron chi connectivity index (χ2n) is 7.52. The molecule has 2 N–H and O–H groups in total. The monoisotopic (exact) mass is 444 g/mol. The van der Waals surface area contributed by atoms with Gasteiger partial charge in [0.05, 0.1) is 21.2 Å². The first-order valence-electron chi connectivity index (χ1n) is 9.87. The summed E-state index contributed by atoms with van der Waals surface area (Å²) in [5, 5.41) is 3.80. The molecule has 1 aliphatic rings. The van der Waals surface area contributed by atoms with Crippen molar-refractivity contribution in [2.45, 2.75) is 37.6 Å². The Morgan fingerprint density at radius 2 is 1.83 bits per heavy atom. The van der Waals surface area contributed by atoms with Gasteiger partial charge >= 0.3 is 0 Å². The molecule has 3 aromatic rings. The molecule has 1 unspecified atom stereocenters. The van der Waals surface area contributed by atoms with Crippen molar-refractivity contribution >= 4 is 48.3 Å². The quantitative estimate of drug-likeness (QED) is 0.607. The summed E-state index contributed by atoms with van der Waals surface area (Å²) in [6.07, 6.45) is 2.38. The number of aromatic nitrogens is 1. The van der Waals surface area contributed by atoms with E-state index in [2.05, 4.69) is 19.9 Å². The number of hydrogen-bond acceptors (Lipinski definition) is 6. The van der Waals surface area contributed by atoms with Gasteiger partial charge in [0.25, 0.3) is 0 Å². The van der Waals surface area contributed by atoms with Gasteiger partial charge in [0, 0.05) is 18.8 Å². The van der Waals surface area contributed by atoms with E-state index in [0.29, 0.717) is 5.69 Å². The smallest absolute Gasteiger partial charge is 0.242 e. The van der Waals surface area contributed by atoms with Crippen molar-refractivity contribution in [2.24, 2.45) is 0 Å². The number of thiazole rings is 1. The van der Waals surface area contributed by atoms with Crippen molar-refractivity contribution in [3.8, 4) is 0 Å². The van der Waals surface area contributed by atoms with Crippen LogP contribution in [0.4, 0.5) is 10.8 Å². The molecule has 30 heavy (non-hydrogen) atoms. The van der Waals surface area contributed by atoms with Crippen LogP contribution in [0.25, 0.3) is 10.2 Å². The summed E-state index contributed by atoms with van der Waals surface area (Å²) in [4.78, 5) is 19.7. The molecular weight excluding hydrogens is 420 g/mol. The average Bonchev–Trinajstić information content (AvgIpc) is 3.37. The molecule has 7 nitrogen and oxygen atoms in total. The van der Waals surface area contributed by atoms with Gasteiger partial charge in [0.15, 0.2) is 5.13 Å². The Bertz CT molecular complexity index is 1170. The first-order valence-corrected chi connectivity index (χ1v) is 12.2. The predicted octanol–water partition coefficient (Wildman–Crippen LogP) is 3.51. The van der Waals surface area contributed by atoms with E-state index >= 15 is 0 Å². The van der Waals surface area contributed by atoms with Crippen molar-refractivity contribution in [3.63, 3.8) is 0 Å². The van der Waals surface area contributed by atoms with E-state index in [1.165, 1.54) is 31.9 Å². The van der Waals surface area contributed by atoms with Crippen LogP contribution in [-0.2, 0) is 14.8 Å². The lowest BCUT2D eigenvalue weighted by atomic mass is 10.2. The highest BCUT2D eigenvalue weighted by Gasteiger charge is 2.22. The third-order valence-corrected chi connectivity index (χ3v) is 7.71. The summed E-state index contributed by atoms with van der Waals surface area (Å²) in [5.41, 5.74) is 2.48. The summed E-state index contributed by atoms with van der Waals surface area (Å²) >= 11 is 1.60. The Hall–Kier alpha value is -2.49. The minimum absolute atomic E-state index is 0.133. The lowest BCUT2D eigenvalue weighted by Crippen LogP contribution is -2.41. The van der Waals surface area contributed by atoms with E-state index < -0.39 is 22.0 Å². The van der Waals surface area contributed by atoms with Crippen LogP contribution >= 0.6 is 11.3 Å². The fraction of sp³-hybridized carbons (Fsp3) is 0.333. The number of benzene rings is 2. The lowest BCUT2D eigenvalue weighted by Gasteiger charge is -2.14. The van der Waals surface area contributed by atoms with E-state index in [1.54, 1.807) is 29.5 Å². The molecule has 0 spiro atoms. The fourth-order valence-corrected chi connectivity index (χ4v) is 5.62. The van der Waals surface area contributed by atoms with E-state index in [0.717, 1.165) is 34.0 Å². The second-order valence-corrected chi connectivity index (χ2v) is 10.2. The number of rotatable bonds is 6. The number of carbonyl (C=O) groups is 1. The number of anilines is 2. The second kappa shape index (κ2) is 8.33. The Balaban J connectivity index is 1.44. The largest absolute Gasteiger partial charge is 0.348 e. The van der Waals surface area contributed by atoms with Gasteiger partial charge < -0.3 is 10.2 Å². The summed E-state index contributed by atoms with van der Waals surface area (Å²) < 4.78 is 28.4. The molecular formula is C21H24N4O3S2. The Labute approximate surface area is 180 Å². The zero-order valence-corrected chi connectivity index (χ0v) is 18.5. The standard InChI is InChI=1S/C21H24N4O3S2/c1-14-5-8-17(9-6-14)30(27,28)24-15(2)20(26)22-16-7-10-18-19(13-16)29-21(23-18)25-11-3-4-12-25/h5-10,13,15,24H,3-4,11-12H2,1-2H3,(H,22,26). The van der Waals surface area contributed by atoms with Crippen LogP contribution in [0.2, 0.25) is 0 Å². The number of nitrogens with zero attached hydrogens (tertiary/aromatic N) is 2. The summed E-state index contributed by atoms with van der Waals surface area (Å²) in [6, 6.07) is 11.1. The third-order valence-electron chi connectivity index (χ3n) is 5.08. The van der Waals surface area contributed by atoms with E-state index in [9.17, 15) is 13.2 Å². The van der Waals surface area contributed by atoms with Gasteiger partial charge in [-0.1, -0.05) is 29.0 Å². The molecule has 158 valence electrons. The lowest BCUT2D eigenvalue weighted by molar-refractivity contribution is -0.117. The first kappa shape index (κ1) is 20.8. The normalized spacial score (nSPS) is 15.5. The Morgan fingerprint density at radius 1 is 1.13 bits per heavy atom. The minimum atomic E-state index is -3.78. The van der Waals surface area contributed by atoms with Crippen LogP contribution in [-0.4, -0.2) is 38.4 Å². The maximum Gasteiger partial charge on any atom is 0.242 e. The van der Waals surface area contributed by atoms with Crippen LogP contribution in [0.1, 0.15) is 25.3 Å². The number of hydrogen-bond donors (Lipinski definition) is 2. The van der Waals surface area contributed by atoms with Crippen molar-refractivity contribution in [3.05, 3.63) is 48.0 Å². The minimum Gasteiger partial charge on any atom is -0.348 e. The molecule has 2 aromatic carbocycles. The highest BCUT2D eigenvalue weighted by molar-refractivity contribution is 7.89. The van der Waals surface area contributed by atoms with Gasteiger partial charge in [-0.25, -0.2) is 13.4 Å². The zero-order chi connectivity index (χ0) is 21.3. The topological polar surface area (TPSA) is 91.4 Å². The molecule has 9 heteroatoms. The van der Waals surface area contributed by atoms with E-state index in [4.69, 9.17) is 0 Å². The molecule has 1 atom stereocenters. The number of aryl methyl sites for hydroxylation is 1. The van der Waals surface area contributed by atoms with Crippen molar-refractivity contribution in [1.82, 2.24) is 9.71 Å². The van der Waals surface area contributed by atoms with Crippen molar-refractivity contribution in [1.29, 1.82) is 0 Å². The highest BCUT2D eigenvalue weighted by Crippen LogP contribution is 2.32. The van der Waals surface area contributed by atoms with Crippen LogP contribution in [0, 0.1) is 6.92 Å². The van der Waals surface area contributed by atoms with Gasteiger partial charge in [0.1, 0.15) is 0 Å². The van der Waals surface area contributed by atoms with Gasteiger partial charge in [0.2, 0.25) is 15.9 Å². The van der Waals surface area contributed by atoms with Gasteiger partial charge in [-0.2, -0.15) is 4.72 Å². The van der Waals surface area contributed by atoms with E-state index in [1.807, 2.05) is 19.1 Å². The molecule has 1 saturated heterocycles. The highest BCUT2D eigenvalue weighted by atomic mass is 32.2. The van der Waals surface area contributed by atoms with Gasteiger partial charge in [-0.15, -0.1) is 0 Å². The summed E-state index contributed by atoms with van der Waals surface area (Å²) in [5.74, 6) is -0.422. The third kappa shape index (κ3) is 4.48. The molecule has 0 aliphatic carbocycles. The number of sulfonamides is 1. The zero-order valence-electron chi connectivity index (χ0n) is 16.9. The number of carbonyl (C=O) groups excluding carboxylic acids is 1. The Morgan fingerprint density at radius 3 is 2.53 bits per heavy atom. The average molecular weight is 445 g/mol. The van der Waals surface area contributed by atoms with Crippen LogP contribution < -0.4 is 14.9 Å². The molecule has 0 saturated carbocycles. The molecule has 4 rings (SSSR count).